The van der Waals surface area contributed by atoms with Crippen molar-refractivity contribution < 1.29 is 0 Å². The molecule has 0 amide bonds. The molecule has 2 heterocycles. The SMILES string of the molecule is Cc1c(C2CC2CC(C)(C)c2c(C)c(C(C)C)nc3c2CCC3)nc2c(c1C(C)(C)C)CCC2. The highest BCUT2D eigenvalue weighted by molar-refractivity contribution is 5.49. The Bertz CT molecular complexity index is 1130. The van der Waals surface area contributed by atoms with Crippen LogP contribution in [0.3, 0.4) is 0 Å². The largest absolute Gasteiger partial charge is 0.257 e. The fourth-order valence-electron chi connectivity index (χ4n) is 7.83. The quantitative estimate of drug-likeness (QED) is 0.454. The van der Waals surface area contributed by atoms with E-state index in [-0.39, 0.29) is 10.8 Å². The smallest absolute Gasteiger partial charge is 0.0473 e. The number of nitrogens with zero attached hydrogens (tertiary/aromatic N) is 2. The summed E-state index contributed by atoms with van der Waals surface area (Å²) in [4.78, 5) is 10.5. The summed E-state index contributed by atoms with van der Waals surface area (Å²) in [6.07, 6.45) is 9.90. The van der Waals surface area contributed by atoms with Crippen molar-refractivity contribution >= 4 is 0 Å². The van der Waals surface area contributed by atoms with Gasteiger partial charge in [0.25, 0.3) is 0 Å². The van der Waals surface area contributed by atoms with Crippen LogP contribution in [0.4, 0.5) is 0 Å². The molecule has 5 rings (SSSR count). The Hall–Kier alpha value is -1.70. The van der Waals surface area contributed by atoms with Crippen molar-refractivity contribution in [3.8, 4) is 0 Å². The third-order valence-corrected chi connectivity index (χ3v) is 9.03. The summed E-state index contributed by atoms with van der Waals surface area (Å²) in [5, 5.41) is 0. The summed E-state index contributed by atoms with van der Waals surface area (Å²) >= 11 is 0. The molecular weight excluding hydrogens is 412 g/mol. The third kappa shape index (κ3) is 3.94. The van der Waals surface area contributed by atoms with Crippen LogP contribution in [0.1, 0.15) is 142 Å². The van der Waals surface area contributed by atoms with Crippen molar-refractivity contribution in [2.75, 3.05) is 0 Å². The molecule has 2 nitrogen and oxygen atoms in total. The Morgan fingerprint density at radius 1 is 0.794 bits per heavy atom. The number of fused-ring (bicyclic) bond motifs is 2. The minimum atomic E-state index is 0.183. The highest BCUT2D eigenvalue weighted by Gasteiger charge is 2.46. The summed E-state index contributed by atoms with van der Waals surface area (Å²) in [7, 11) is 0. The van der Waals surface area contributed by atoms with E-state index in [0.29, 0.717) is 11.8 Å². The summed E-state index contributed by atoms with van der Waals surface area (Å²) in [5.41, 5.74) is 15.4. The molecular formula is C32H46N2. The van der Waals surface area contributed by atoms with Crippen LogP contribution in [0.5, 0.6) is 0 Å². The maximum Gasteiger partial charge on any atom is 0.0473 e. The molecule has 1 fully saturated rings. The number of rotatable bonds is 5. The Morgan fingerprint density at radius 2 is 1.38 bits per heavy atom. The Balaban J connectivity index is 1.47. The second kappa shape index (κ2) is 8.17. The van der Waals surface area contributed by atoms with Gasteiger partial charge >= 0.3 is 0 Å². The molecule has 2 unspecified atom stereocenters. The molecule has 1 saturated carbocycles. The van der Waals surface area contributed by atoms with Crippen molar-refractivity contribution in [1.29, 1.82) is 0 Å². The molecule has 0 bridgehead atoms. The lowest BCUT2D eigenvalue weighted by Crippen LogP contribution is -2.24. The van der Waals surface area contributed by atoms with E-state index in [1.165, 1.54) is 78.8 Å². The number of pyridine rings is 2. The van der Waals surface area contributed by atoms with Gasteiger partial charge in [-0.25, -0.2) is 0 Å². The molecule has 3 aliphatic rings. The average molecular weight is 459 g/mol. The molecule has 34 heavy (non-hydrogen) atoms. The highest BCUT2D eigenvalue weighted by atomic mass is 14.8. The molecule has 2 heteroatoms. The lowest BCUT2D eigenvalue weighted by atomic mass is 9.74. The zero-order valence-electron chi connectivity index (χ0n) is 23.3. The fraction of sp³-hybridized carbons (Fsp3) is 0.688. The van der Waals surface area contributed by atoms with Gasteiger partial charge in [-0.05, 0) is 121 Å². The zero-order chi connectivity index (χ0) is 24.6. The number of hydrogen-bond donors (Lipinski definition) is 0. The maximum absolute atomic E-state index is 5.34. The van der Waals surface area contributed by atoms with E-state index in [0.717, 1.165) is 12.3 Å². The monoisotopic (exact) mass is 458 g/mol. The van der Waals surface area contributed by atoms with Gasteiger partial charge in [0.2, 0.25) is 0 Å². The zero-order valence-corrected chi connectivity index (χ0v) is 23.3. The standard InChI is InChI=1S/C32H46N2/c1-18(2)29-20(4)28(23-13-11-15-26(23)33-29)32(8,9)17-21-16-24(21)30-19(3)27(31(5,6)7)22-12-10-14-25(22)34-30/h18,21,24H,10-17H2,1-9H3. The first-order valence-corrected chi connectivity index (χ1v) is 14.0. The minimum Gasteiger partial charge on any atom is -0.257 e. The van der Waals surface area contributed by atoms with E-state index in [1.807, 2.05) is 0 Å². The van der Waals surface area contributed by atoms with Crippen LogP contribution in [-0.2, 0) is 36.5 Å². The van der Waals surface area contributed by atoms with Crippen LogP contribution in [0.15, 0.2) is 0 Å². The topological polar surface area (TPSA) is 25.8 Å². The van der Waals surface area contributed by atoms with E-state index in [4.69, 9.17) is 9.97 Å². The third-order valence-electron chi connectivity index (χ3n) is 9.03. The fourth-order valence-corrected chi connectivity index (χ4v) is 7.83. The second-order valence-corrected chi connectivity index (χ2v) is 13.6. The Morgan fingerprint density at radius 3 is 1.97 bits per heavy atom. The lowest BCUT2D eigenvalue weighted by molar-refractivity contribution is 0.435. The molecule has 2 atom stereocenters. The van der Waals surface area contributed by atoms with Gasteiger partial charge in [0.05, 0.1) is 0 Å². The van der Waals surface area contributed by atoms with E-state index in [1.54, 1.807) is 22.3 Å². The number of hydrogen-bond acceptors (Lipinski definition) is 2. The molecule has 3 aliphatic carbocycles. The van der Waals surface area contributed by atoms with Crippen LogP contribution < -0.4 is 0 Å². The summed E-state index contributed by atoms with van der Waals surface area (Å²) < 4.78 is 0. The molecule has 0 aliphatic heterocycles. The first kappa shape index (κ1) is 24.0. The Kier molecular flexibility index (Phi) is 5.77. The Labute approximate surface area is 208 Å². The van der Waals surface area contributed by atoms with Gasteiger partial charge in [-0.3, -0.25) is 9.97 Å². The molecule has 0 aromatic carbocycles. The van der Waals surface area contributed by atoms with Gasteiger partial charge in [0, 0.05) is 28.7 Å². The van der Waals surface area contributed by atoms with Crippen LogP contribution in [0, 0.1) is 19.8 Å². The van der Waals surface area contributed by atoms with Crippen molar-refractivity contribution in [2.24, 2.45) is 5.92 Å². The van der Waals surface area contributed by atoms with Crippen molar-refractivity contribution in [1.82, 2.24) is 9.97 Å². The predicted octanol–water partition coefficient (Wildman–Crippen LogP) is 7.96. The first-order chi connectivity index (χ1) is 15.9. The van der Waals surface area contributed by atoms with E-state index in [9.17, 15) is 0 Å². The first-order valence-electron chi connectivity index (χ1n) is 14.0. The normalized spacial score (nSPS) is 21.8. The summed E-state index contributed by atoms with van der Waals surface area (Å²) in [5.74, 6) is 1.88. The summed E-state index contributed by atoms with van der Waals surface area (Å²) in [6.45, 7) is 21.5. The predicted molar refractivity (Wildman–Crippen MR) is 143 cm³/mol. The summed E-state index contributed by atoms with van der Waals surface area (Å²) in [6, 6.07) is 0. The van der Waals surface area contributed by atoms with Crippen LogP contribution in [0.2, 0.25) is 0 Å². The average Bonchev–Trinajstić information content (AvgIpc) is 3.10. The molecule has 2 aromatic heterocycles. The lowest BCUT2D eigenvalue weighted by Gasteiger charge is -2.32. The van der Waals surface area contributed by atoms with Gasteiger partial charge in [0.1, 0.15) is 0 Å². The van der Waals surface area contributed by atoms with Gasteiger partial charge in [-0.15, -0.1) is 0 Å². The molecule has 0 saturated heterocycles. The van der Waals surface area contributed by atoms with Crippen LogP contribution in [0.25, 0.3) is 0 Å². The molecule has 0 radical (unpaired) electrons. The van der Waals surface area contributed by atoms with Crippen LogP contribution in [-0.4, -0.2) is 9.97 Å². The number of aryl methyl sites for hydroxylation is 2. The van der Waals surface area contributed by atoms with Crippen molar-refractivity contribution in [3.63, 3.8) is 0 Å². The molecule has 184 valence electrons. The van der Waals surface area contributed by atoms with E-state index >= 15 is 0 Å². The van der Waals surface area contributed by atoms with E-state index < -0.39 is 0 Å². The van der Waals surface area contributed by atoms with Gasteiger partial charge in [-0.1, -0.05) is 48.5 Å². The van der Waals surface area contributed by atoms with Gasteiger partial charge < -0.3 is 0 Å². The number of aromatic nitrogens is 2. The van der Waals surface area contributed by atoms with E-state index in [2.05, 4.69) is 62.3 Å². The van der Waals surface area contributed by atoms with Crippen molar-refractivity contribution in [2.45, 2.75) is 136 Å². The highest BCUT2D eigenvalue weighted by Crippen LogP contribution is 2.55. The second-order valence-electron chi connectivity index (χ2n) is 13.6. The minimum absolute atomic E-state index is 0.183. The van der Waals surface area contributed by atoms with Crippen molar-refractivity contribution in [3.05, 3.63) is 56.2 Å². The molecule has 0 N–H and O–H groups in total. The van der Waals surface area contributed by atoms with Gasteiger partial charge in [0.15, 0.2) is 0 Å². The molecule has 0 spiro atoms. The van der Waals surface area contributed by atoms with Gasteiger partial charge in [-0.2, -0.15) is 0 Å². The van der Waals surface area contributed by atoms with Crippen LogP contribution >= 0.6 is 0 Å². The molecule has 2 aromatic rings. The maximum atomic E-state index is 5.34.